The molecule has 0 unspecified atom stereocenters. The van der Waals surface area contributed by atoms with Crippen molar-refractivity contribution in [2.45, 2.75) is 55.0 Å². The Morgan fingerprint density at radius 3 is 2.50 bits per heavy atom. The van der Waals surface area contributed by atoms with E-state index >= 15 is 0 Å². The molecule has 0 radical (unpaired) electrons. The van der Waals surface area contributed by atoms with Crippen molar-refractivity contribution in [1.29, 1.82) is 0 Å². The maximum atomic E-state index is 12.6. The van der Waals surface area contributed by atoms with Crippen LogP contribution < -0.4 is 15.4 Å². The second kappa shape index (κ2) is 5.53. The number of β-amino-alcohol motifs (C(OH)–C–C–N with tert-alkyl or cyclic N) is 1. The van der Waals surface area contributed by atoms with Crippen LogP contribution in [0, 0.1) is 5.92 Å². The van der Waals surface area contributed by atoms with E-state index < -0.39 is 44.3 Å². The Labute approximate surface area is 141 Å². The van der Waals surface area contributed by atoms with Crippen LogP contribution in [0.25, 0.3) is 0 Å². The highest BCUT2D eigenvalue weighted by Crippen LogP contribution is 2.46. The van der Waals surface area contributed by atoms with E-state index in [0.717, 1.165) is 0 Å². The van der Waals surface area contributed by atoms with Crippen molar-refractivity contribution < 1.29 is 23.1 Å². The molecule has 0 aromatic carbocycles. The van der Waals surface area contributed by atoms with Crippen LogP contribution >= 0.6 is 0 Å². The van der Waals surface area contributed by atoms with Gasteiger partial charge in [-0.15, -0.1) is 6.58 Å². The van der Waals surface area contributed by atoms with Crippen molar-refractivity contribution in [2.75, 3.05) is 6.54 Å². The normalized spacial score (nSPS) is 36.7. The average Bonchev–Trinajstić information content (AvgIpc) is 3.37. The first-order chi connectivity index (χ1) is 11.1. The molecule has 9 heteroatoms. The second-order valence-corrected chi connectivity index (χ2v) is 9.44. The summed E-state index contributed by atoms with van der Waals surface area (Å²) in [7, 11) is -3.77. The van der Waals surface area contributed by atoms with E-state index in [-0.39, 0.29) is 12.3 Å². The maximum absolute atomic E-state index is 12.6. The van der Waals surface area contributed by atoms with Crippen molar-refractivity contribution in [3.05, 3.63) is 12.7 Å². The number of carbonyl (C=O) groups excluding carboxylic acids is 2. The van der Waals surface area contributed by atoms with Crippen LogP contribution in [0.15, 0.2) is 12.7 Å². The molecule has 1 heterocycles. The van der Waals surface area contributed by atoms with Crippen LogP contribution in [-0.4, -0.2) is 54.3 Å². The number of amides is 2. The first kappa shape index (κ1) is 17.4. The lowest BCUT2D eigenvalue weighted by Gasteiger charge is -2.22. The van der Waals surface area contributed by atoms with Crippen LogP contribution in [0.2, 0.25) is 0 Å². The van der Waals surface area contributed by atoms with Gasteiger partial charge in [-0.25, -0.2) is 8.42 Å². The van der Waals surface area contributed by atoms with Crippen LogP contribution in [0.1, 0.15) is 32.6 Å². The highest BCUT2D eigenvalue weighted by molar-refractivity contribution is 7.91. The summed E-state index contributed by atoms with van der Waals surface area (Å²) in [5.41, 5.74) is -1.27. The molecule has 2 saturated carbocycles. The molecule has 8 nitrogen and oxygen atoms in total. The van der Waals surface area contributed by atoms with Gasteiger partial charge in [0.2, 0.25) is 15.9 Å². The SMILES string of the molecule is C=C[C@@H]1C[C@]1(NC(=O)[C@@H]1C[C@@H](O)CN1)C(=O)NS(=O)(=O)C1(C)CC1. The van der Waals surface area contributed by atoms with Gasteiger partial charge in [-0.1, -0.05) is 6.08 Å². The fraction of sp³-hybridized carbons (Fsp3) is 0.733. The molecular formula is C15H23N3O5S. The third-order valence-corrected chi connectivity index (χ3v) is 7.46. The summed E-state index contributed by atoms with van der Waals surface area (Å²) < 4.78 is 25.8. The molecule has 3 fully saturated rings. The third-order valence-electron chi connectivity index (χ3n) is 5.30. The van der Waals surface area contributed by atoms with Gasteiger partial charge in [-0.3, -0.25) is 14.3 Å². The molecule has 0 spiro atoms. The Bertz CT molecular complexity index is 687. The van der Waals surface area contributed by atoms with E-state index in [1.165, 1.54) is 0 Å². The minimum Gasteiger partial charge on any atom is -0.392 e. The fourth-order valence-electron chi connectivity index (χ4n) is 3.04. The lowest BCUT2D eigenvalue weighted by molar-refractivity contribution is -0.130. The Morgan fingerprint density at radius 2 is 2.04 bits per heavy atom. The predicted octanol–water partition coefficient (Wildman–Crippen LogP) is -1.23. The first-order valence-electron chi connectivity index (χ1n) is 8.06. The van der Waals surface area contributed by atoms with E-state index in [0.29, 0.717) is 25.8 Å². The number of hydrogen-bond donors (Lipinski definition) is 4. The smallest absolute Gasteiger partial charge is 0.259 e. The molecule has 24 heavy (non-hydrogen) atoms. The van der Waals surface area contributed by atoms with E-state index in [9.17, 15) is 23.1 Å². The van der Waals surface area contributed by atoms with Crippen molar-refractivity contribution in [3.63, 3.8) is 0 Å². The Hall–Kier alpha value is -1.45. The van der Waals surface area contributed by atoms with Crippen molar-refractivity contribution in [3.8, 4) is 0 Å². The minimum atomic E-state index is -3.77. The van der Waals surface area contributed by atoms with Crippen molar-refractivity contribution >= 4 is 21.8 Å². The molecule has 1 aliphatic heterocycles. The number of rotatable bonds is 6. The number of sulfonamides is 1. The van der Waals surface area contributed by atoms with Gasteiger partial charge in [-0.05, 0) is 32.6 Å². The monoisotopic (exact) mass is 357 g/mol. The molecule has 3 aliphatic rings. The molecule has 3 rings (SSSR count). The summed E-state index contributed by atoms with van der Waals surface area (Å²) >= 11 is 0. The average molecular weight is 357 g/mol. The summed E-state index contributed by atoms with van der Waals surface area (Å²) in [6.45, 7) is 5.55. The van der Waals surface area contributed by atoms with Gasteiger partial charge in [0.15, 0.2) is 0 Å². The second-order valence-electron chi connectivity index (χ2n) is 7.24. The Morgan fingerprint density at radius 1 is 1.38 bits per heavy atom. The highest BCUT2D eigenvalue weighted by atomic mass is 32.2. The van der Waals surface area contributed by atoms with E-state index in [1.54, 1.807) is 13.0 Å². The van der Waals surface area contributed by atoms with E-state index in [2.05, 4.69) is 21.9 Å². The zero-order valence-electron chi connectivity index (χ0n) is 13.5. The Balaban J connectivity index is 1.71. The summed E-state index contributed by atoms with van der Waals surface area (Å²) in [5.74, 6) is -1.44. The van der Waals surface area contributed by atoms with Gasteiger partial charge in [0.05, 0.1) is 16.9 Å². The lowest BCUT2D eigenvalue weighted by Crippen LogP contribution is -2.56. The van der Waals surface area contributed by atoms with Gasteiger partial charge < -0.3 is 15.7 Å². The molecule has 0 aromatic rings. The van der Waals surface area contributed by atoms with Gasteiger partial charge >= 0.3 is 0 Å². The quantitative estimate of drug-likeness (QED) is 0.441. The van der Waals surface area contributed by atoms with Crippen LogP contribution in [-0.2, 0) is 19.6 Å². The zero-order valence-corrected chi connectivity index (χ0v) is 14.4. The Kier molecular flexibility index (Phi) is 4.01. The minimum absolute atomic E-state index is 0.263. The number of aliphatic hydroxyl groups is 1. The fourth-order valence-corrected chi connectivity index (χ4v) is 4.35. The van der Waals surface area contributed by atoms with Gasteiger partial charge in [0.1, 0.15) is 5.54 Å². The molecule has 134 valence electrons. The van der Waals surface area contributed by atoms with Crippen LogP contribution in [0.3, 0.4) is 0 Å². The highest BCUT2D eigenvalue weighted by Gasteiger charge is 2.62. The standard InChI is InChI=1S/C15H23N3O5S/c1-3-9-7-15(9,17-12(20)11-6-10(19)8-16-11)13(21)18-24(22,23)14(2)4-5-14/h3,9-11,16,19H,1,4-8H2,2H3,(H,17,20)(H,18,21)/t9-,10-,11+,15-/m1/s1. The molecule has 0 aromatic heterocycles. The summed E-state index contributed by atoms with van der Waals surface area (Å²) in [4.78, 5) is 24.9. The van der Waals surface area contributed by atoms with Crippen molar-refractivity contribution in [2.24, 2.45) is 5.92 Å². The third kappa shape index (κ3) is 2.84. The van der Waals surface area contributed by atoms with Gasteiger partial charge in [0, 0.05) is 12.5 Å². The van der Waals surface area contributed by atoms with Gasteiger partial charge in [-0.2, -0.15) is 0 Å². The van der Waals surface area contributed by atoms with E-state index in [4.69, 9.17) is 0 Å². The molecule has 1 saturated heterocycles. The zero-order chi connectivity index (χ0) is 17.8. The van der Waals surface area contributed by atoms with E-state index in [1.807, 2.05) is 0 Å². The summed E-state index contributed by atoms with van der Waals surface area (Å²) in [5, 5.41) is 15.0. The lowest BCUT2D eigenvalue weighted by atomic mass is 10.1. The number of nitrogens with one attached hydrogen (secondary N) is 3. The topological polar surface area (TPSA) is 125 Å². The maximum Gasteiger partial charge on any atom is 0.259 e. The molecule has 2 amide bonds. The van der Waals surface area contributed by atoms with Gasteiger partial charge in [0.25, 0.3) is 5.91 Å². The first-order valence-corrected chi connectivity index (χ1v) is 9.55. The predicted molar refractivity (Wildman–Crippen MR) is 86.3 cm³/mol. The summed E-state index contributed by atoms with van der Waals surface area (Å²) in [6, 6.07) is -0.590. The number of hydrogen-bond acceptors (Lipinski definition) is 6. The summed E-state index contributed by atoms with van der Waals surface area (Å²) in [6.07, 6.45) is 2.55. The van der Waals surface area contributed by atoms with Crippen LogP contribution in [0.5, 0.6) is 0 Å². The van der Waals surface area contributed by atoms with Crippen molar-refractivity contribution in [1.82, 2.24) is 15.4 Å². The molecule has 2 aliphatic carbocycles. The number of aliphatic hydroxyl groups excluding tert-OH is 1. The van der Waals surface area contributed by atoms with Crippen LogP contribution in [0.4, 0.5) is 0 Å². The molecule has 4 atom stereocenters. The molecule has 0 bridgehead atoms. The largest absolute Gasteiger partial charge is 0.392 e. The molecular weight excluding hydrogens is 334 g/mol. The number of carbonyl (C=O) groups is 2. The molecule has 4 N–H and O–H groups in total.